The average Bonchev–Trinajstić information content (AvgIpc) is 3.09. The number of ether oxygens (including phenoxy) is 1. The highest BCUT2D eigenvalue weighted by Gasteiger charge is 2.18. The number of nitrogens with one attached hydrogen (secondary N) is 1. The SMILES string of the molecule is Cc1cccc2oc(C=CC=C3Nc4ccccc4O3)[n+](C)c12.[I-]. The summed E-state index contributed by atoms with van der Waals surface area (Å²) >= 11 is 0. The number of para-hydroxylation sites is 3. The van der Waals surface area contributed by atoms with Gasteiger partial charge in [-0.05, 0) is 37.3 Å². The molecular formula is C19H17IN2O2. The first kappa shape index (κ1) is 16.6. The zero-order valence-corrected chi connectivity index (χ0v) is 15.6. The van der Waals surface area contributed by atoms with Gasteiger partial charge in [0.25, 0.3) is 5.52 Å². The minimum Gasteiger partial charge on any atom is -1.00 e. The highest BCUT2D eigenvalue weighted by molar-refractivity contribution is 5.73. The van der Waals surface area contributed by atoms with Crippen molar-refractivity contribution in [3.8, 4) is 5.75 Å². The second kappa shape index (κ2) is 6.68. The molecule has 0 bridgehead atoms. The van der Waals surface area contributed by atoms with Gasteiger partial charge in [-0.3, -0.25) is 0 Å². The van der Waals surface area contributed by atoms with E-state index < -0.39 is 0 Å². The predicted octanol–water partition coefficient (Wildman–Crippen LogP) is 0.929. The van der Waals surface area contributed by atoms with Crippen LogP contribution in [0.4, 0.5) is 5.69 Å². The smallest absolute Gasteiger partial charge is 0.373 e. The quantitative estimate of drug-likeness (QED) is 0.484. The van der Waals surface area contributed by atoms with Gasteiger partial charge in [-0.1, -0.05) is 24.3 Å². The molecule has 0 amide bonds. The molecule has 3 aromatic rings. The zero-order chi connectivity index (χ0) is 15.8. The Balaban J connectivity index is 0.00000169. The largest absolute Gasteiger partial charge is 1.00 e. The Hall–Kier alpha value is -2.28. The van der Waals surface area contributed by atoms with E-state index in [1.54, 1.807) is 0 Å². The molecule has 1 N–H and O–H groups in total. The highest BCUT2D eigenvalue weighted by Crippen LogP contribution is 2.32. The molecule has 0 aliphatic carbocycles. The van der Waals surface area contributed by atoms with Gasteiger partial charge in [0, 0.05) is 5.56 Å². The molecule has 0 atom stereocenters. The summed E-state index contributed by atoms with van der Waals surface area (Å²) in [5.41, 5.74) is 4.19. The van der Waals surface area contributed by atoms with Gasteiger partial charge in [-0.25, -0.2) is 0 Å². The number of aryl methyl sites for hydroxylation is 2. The first-order chi connectivity index (χ1) is 11.2. The van der Waals surface area contributed by atoms with Crippen LogP contribution in [0.1, 0.15) is 11.5 Å². The predicted molar refractivity (Wildman–Crippen MR) is 89.9 cm³/mol. The van der Waals surface area contributed by atoms with Gasteiger partial charge in [-0.2, -0.15) is 4.57 Å². The Morgan fingerprint density at radius 2 is 1.92 bits per heavy atom. The fraction of sp³-hybridized carbons (Fsp3) is 0.105. The van der Waals surface area contributed by atoms with Crippen molar-refractivity contribution in [1.82, 2.24) is 0 Å². The van der Waals surface area contributed by atoms with Crippen LogP contribution >= 0.6 is 0 Å². The molecule has 0 saturated heterocycles. The van der Waals surface area contributed by atoms with Crippen molar-refractivity contribution in [2.24, 2.45) is 7.05 Å². The highest BCUT2D eigenvalue weighted by atomic mass is 127. The molecule has 0 saturated carbocycles. The number of rotatable bonds is 2. The normalized spacial score (nSPS) is 14.5. The van der Waals surface area contributed by atoms with E-state index in [4.69, 9.17) is 9.15 Å². The first-order valence-electron chi connectivity index (χ1n) is 7.53. The van der Waals surface area contributed by atoms with E-state index in [1.165, 1.54) is 5.56 Å². The van der Waals surface area contributed by atoms with Gasteiger partial charge in [0.15, 0.2) is 11.6 Å². The van der Waals surface area contributed by atoms with Crippen molar-refractivity contribution >= 4 is 22.9 Å². The van der Waals surface area contributed by atoms with Crippen molar-refractivity contribution in [1.29, 1.82) is 0 Å². The monoisotopic (exact) mass is 432 g/mol. The molecule has 0 fully saturated rings. The lowest BCUT2D eigenvalue weighted by Crippen LogP contribution is -3.00. The molecule has 0 spiro atoms. The molecule has 0 radical (unpaired) electrons. The fourth-order valence-corrected chi connectivity index (χ4v) is 2.81. The number of aromatic nitrogens is 1. The molecule has 4 nitrogen and oxygen atoms in total. The van der Waals surface area contributed by atoms with Gasteiger partial charge < -0.3 is 38.4 Å². The third kappa shape index (κ3) is 2.91. The summed E-state index contributed by atoms with van der Waals surface area (Å²) in [7, 11) is 2.01. The summed E-state index contributed by atoms with van der Waals surface area (Å²) < 4.78 is 13.7. The fourth-order valence-electron chi connectivity index (χ4n) is 2.81. The molecule has 1 aliphatic rings. The van der Waals surface area contributed by atoms with Crippen LogP contribution in [-0.4, -0.2) is 0 Å². The Bertz CT molecular complexity index is 930. The second-order valence-corrected chi connectivity index (χ2v) is 5.53. The van der Waals surface area contributed by atoms with E-state index in [1.807, 2.05) is 61.7 Å². The number of halogens is 1. The van der Waals surface area contributed by atoms with Crippen molar-refractivity contribution < 1.29 is 37.7 Å². The molecule has 1 aromatic heterocycles. The average molecular weight is 432 g/mol. The Kier molecular flexibility index (Phi) is 4.62. The van der Waals surface area contributed by atoms with E-state index in [0.717, 1.165) is 28.4 Å². The number of nitrogens with zero attached hydrogens (tertiary/aromatic N) is 1. The third-order valence-corrected chi connectivity index (χ3v) is 3.93. The van der Waals surface area contributed by atoms with E-state index >= 15 is 0 Å². The van der Waals surface area contributed by atoms with Crippen LogP contribution in [0.15, 0.2) is 64.9 Å². The summed E-state index contributed by atoms with van der Waals surface area (Å²) in [6.07, 6.45) is 5.74. The maximum Gasteiger partial charge on any atom is 0.373 e. The molecular weight excluding hydrogens is 415 g/mol. The van der Waals surface area contributed by atoms with Crippen LogP contribution in [-0.2, 0) is 7.05 Å². The lowest BCUT2D eigenvalue weighted by atomic mass is 10.2. The number of benzene rings is 2. The number of allylic oxidation sites excluding steroid dienone is 2. The van der Waals surface area contributed by atoms with E-state index in [2.05, 4.69) is 22.9 Å². The van der Waals surface area contributed by atoms with Gasteiger partial charge in [0.05, 0.1) is 11.8 Å². The van der Waals surface area contributed by atoms with Crippen molar-refractivity contribution in [2.75, 3.05) is 5.32 Å². The summed E-state index contributed by atoms with van der Waals surface area (Å²) in [6.45, 7) is 2.08. The summed E-state index contributed by atoms with van der Waals surface area (Å²) in [5.74, 6) is 2.34. The first-order valence-corrected chi connectivity index (χ1v) is 7.53. The molecule has 1 aliphatic heterocycles. The summed E-state index contributed by atoms with van der Waals surface area (Å²) in [5, 5.41) is 3.22. The lowest BCUT2D eigenvalue weighted by molar-refractivity contribution is -0.652. The maximum absolute atomic E-state index is 5.89. The minimum atomic E-state index is 0. The van der Waals surface area contributed by atoms with E-state index in [9.17, 15) is 0 Å². The second-order valence-electron chi connectivity index (χ2n) is 5.53. The third-order valence-electron chi connectivity index (χ3n) is 3.93. The topological polar surface area (TPSA) is 38.3 Å². The number of hydrogen-bond acceptors (Lipinski definition) is 3. The van der Waals surface area contributed by atoms with Crippen LogP contribution in [0.3, 0.4) is 0 Å². The van der Waals surface area contributed by atoms with Crippen molar-refractivity contribution in [3.05, 3.63) is 72.0 Å². The number of hydrogen-bond donors (Lipinski definition) is 1. The van der Waals surface area contributed by atoms with Gasteiger partial charge >= 0.3 is 5.89 Å². The Morgan fingerprint density at radius 1 is 1.08 bits per heavy atom. The molecule has 24 heavy (non-hydrogen) atoms. The number of anilines is 1. The summed E-state index contributed by atoms with van der Waals surface area (Å²) in [6, 6.07) is 13.9. The van der Waals surface area contributed by atoms with Crippen LogP contribution in [0.2, 0.25) is 0 Å². The molecule has 122 valence electrons. The Morgan fingerprint density at radius 3 is 2.71 bits per heavy atom. The van der Waals surface area contributed by atoms with E-state index in [0.29, 0.717) is 5.88 Å². The van der Waals surface area contributed by atoms with E-state index in [-0.39, 0.29) is 24.0 Å². The molecule has 2 heterocycles. The van der Waals surface area contributed by atoms with Crippen LogP contribution < -0.4 is 38.6 Å². The minimum absolute atomic E-state index is 0. The van der Waals surface area contributed by atoms with Gasteiger partial charge in [-0.15, -0.1) is 0 Å². The molecule has 0 unspecified atom stereocenters. The van der Waals surface area contributed by atoms with Crippen LogP contribution in [0, 0.1) is 6.92 Å². The lowest BCUT2D eigenvalue weighted by Gasteiger charge is -1.94. The van der Waals surface area contributed by atoms with Gasteiger partial charge in [0.2, 0.25) is 5.58 Å². The summed E-state index contributed by atoms with van der Waals surface area (Å²) in [4.78, 5) is 0. The van der Waals surface area contributed by atoms with Crippen LogP contribution in [0.25, 0.3) is 17.2 Å². The van der Waals surface area contributed by atoms with Crippen LogP contribution in [0.5, 0.6) is 5.75 Å². The molecule has 2 aromatic carbocycles. The van der Waals surface area contributed by atoms with Gasteiger partial charge in [0.1, 0.15) is 7.05 Å². The van der Waals surface area contributed by atoms with Crippen molar-refractivity contribution in [2.45, 2.75) is 6.92 Å². The maximum atomic E-state index is 5.89. The molecule has 5 heteroatoms. The zero-order valence-electron chi connectivity index (χ0n) is 13.4. The standard InChI is InChI=1S/C19H16N2O2.HI/c1-13-7-5-10-16-19(13)21(2)18(23-16)12-6-11-17-20-14-8-3-4-9-15(14)22-17;/h3-12H,1-2H3;1H. The Labute approximate surface area is 157 Å². The number of fused-ring (bicyclic) bond motifs is 2. The van der Waals surface area contributed by atoms with Crippen molar-refractivity contribution in [3.63, 3.8) is 0 Å². The number of oxazole rings is 1. The molecule has 4 rings (SSSR count).